The summed E-state index contributed by atoms with van der Waals surface area (Å²) < 4.78 is 4.67. The SMILES string of the molecule is COC(=O)C1CC(c2ccc(Cl)cc2Cl)NN1. The molecule has 2 unspecified atom stereocenters. The molecule has 92 valence electrons. The van der Waals surface area contributed by atoms with Gasteiger partial charge in [-0.25, -0.2) is 10.9 Å². The van der Waals surface area contributed by atoms with Crippen molar-refractivity contribution in [2.45, 2.75) is 18.5 Å². The quantitative estimate of drug-likeness (QED) is 0.811. The molecule has 0 amide bonds. The van der Waals surface area contributed by atoms with Crippen LogP contribution in [0.4, 0.5) is 0 Å². The first-order valence-electron chi connectivity index (χ1n) is 5.15. The average molecular weight is 275 g/mol. The number of ether oxygens (including phenoxy) is 1. The normalized spacial score (nSPS) is 23.7. The van der Waals surface area contributed by atoms with Gasteiger partial charge < -0.3 is 4.74 Å². The van der Waals surface area contributed by atoms with E-state index in [-0.39, 0.29) is 18.1 Å². The fraction of sp³-hybridized carbons (Fsp3) is 0.364. The highest BCUT2D eigenvalue weighted by molar-refractivity contribution is 6.35. The molecule has 1 saturated heterocycles. The first kappa shape index (κ1) is 12.6. The monoisotopic (exact) mass is 274 g/mol. The van der Waals surface area contributed by atoms with Crippen molar-refractivity contribution in [2.75, 3.05) is 7.11 Å². The molecule has 0 saturated carbocycles. The smallest absolute Gasteiger partial charge is 0.324 e. The standard InChI is InChI=1S/C11H12Cl2N2O2/c1-17-11(16)10-5-9(14-15-10)7-3-2-6(12)4-8(7)13/h2-4,9-10,14-15H,5H2,1H3. The van der Waals surface area contributed by atoms with Crippen molar-refractivity contribution in [1.29, 1.82) is 0 Å². The van der Waals surface area contributed by atoms with Crippen LogP contribution in [0.15, 0.2) is 18.2 Å². The van der Waals surface area contributed by atoms with Crippen LogP contribution in [0.1, 0.15) is 18.0 Å². The first-order valence-corrected chi connectivity index (χ1v) is 5.91. The minimum absolute atomic E-state index is 0.0242. The van der Waals surface area contributed by atoms with Gasteiger partial charge in [0.2, 0.25) is 0 Å². The third-order valence-corrected chi connectivity index (χ3v) is 3.29. The largest absolute Gasteiger partial charge is 0.468 e. The molecule has 1 aliphatic rings. The predicted octanol–water partition coefficient (Wildman–Crippen LogP) is 2.07. The zero-order chi connectivity index (χ0) is 12.4. The maximum atomic E-state index is 11.4. The molecule has 0 radical (unpaired) electrons. The van der Waals surface area contributed by atoms with Crippen LogP contribution in [-0.4, -0.2) is 19.1 Å². The lowest BCUT2D eigenvalue weighted by Gasteiger charge is -2.11. The van der Waals surface area contributed by atoms with E-state index < -0.39 is 0 Å². The predicted molar refractivity (Wildman–Crippen MR) is 65.9 cm³/mol. The van der Waals surface area contributed by atoms with Gasteiger partial charge in [0.15, 0.2) is 0 Å². The van der Waals surface area contributed by atoms with Gasteiger partial charge in [0, 0.05) is 16.1 Å². The molecule has 2 N–H and O–H groups in total. The highest BCUT2D eigenvalue weighted by Gasteiger charge is 2.31. The summed E-state index contributed by atoms with van der Waals surface area (Å²) in [7, 11) is 1.37. The van der Waals surface area contributed by atoms with Crippen LogP contribution >= 0.6 is 23.2 Å². The van der Waals surface area contributed by atoms with E-state index in [0.29, 0.717) is 16.5 Å². The highest BCUT2D eigenvalue weighted by atomic mass is 35.5. The Morgan fingerprint density at radius 2 is 2.18 bits per heavy atom. The Balaban J connectivity index is 2.12. The minimum atomic E-state index is -0.350. The van der Waals surface area contributed by atoms with E-state index >= 15 is 0 Å². The van der Waals surface area contributed by atoms with Gasteiger partial charge in [-0.2, -0.15) is 0 Å². The lowest BCUT2D eigenvalue weighted by atomic mass is 10.0. The molecule has 2 atom stereocenters. The Kier molecular flexibility index (Phi) is 3.89. The number of halogens is 2. The molecule has 0 bridgehead atoms. The molecular formula is C11H12Cl2N2O2. The number of hydrogen-bond acceptors (Lipinski definition) is 4. The first-order chi connectivity index (χ1) is 8.11. The highest BCUT2D eigenvalue weighted by Crippen LogP contribution is 2.30. The number of rotatable bonds is 2. The molecule has 0 aliphatic carbocycles. The Morgan fingerprint density at radius 3 is 2.82 bits per heavy atom. The second-order valence-electron chi connectivity index (χ2n) is 3.82. The van der Waals surface area contributed by atoms with Crippen LogP contribution < -0.4 is 10.9 Å². The summed E-state index contributed by atoms with van der Waals surface area (Å²) >= 11 is 11.9. The van der Waals surface area contributed by atoms with Gasteiger partial charge in [0.05, 0.1) is 7.11 Å². The molecule has 4 nitrogen and oxygen atoms in total. The molecular weight excluding hydrogens is 263 g/mol. The van der Waals surface area contributed by atoms with Gasteiger partial charge in [0.25, 0.3) is 0 Å². The van der Waals surface area contributed by atoms with Crippen LogP contribution in [-0.2, 0) is 9.53 Å². The van der Waals surface area contributed by atoms with Gasteiger partial charge in [-0.05, 0) is 24.1 Å². The molecule has 17 heavy (non-hydrogen) atoms. The fourth-order valence-electron chi connectivity index (χ4n) is 1.84. The Hall–Kier alpha value is -0.810. The molecule has 1 aromatic carbocycles. The molecule has 6 heteroatoms. The molecule has 2 rings (SSSR count). The zero-order valence-corrected chi connectivity index (χ0v) is 10.7. The number of benzene rings is 1. The maximum absolute atomic E-state index is 11.4. The van der Waals surface area contributed by atoms with Crippen LogP contribution in [0.5, 0.6) is 0 Å². The number of nitrogens with one attached hydrogen (secondary N) is 2. The van der Waals surface area contributed by atoms with Crippen molar-refractivity contribution < 1.29 is 9.53 Å². The molecule has 1 aliphatic heterocycles. The van der Waals surface area contributed by atoms with Crippen LogP contribution in [0.3, 0.4) is 0 Å². The zero-order valence-electron chi connectivity index (χ0n) is 9.17. The topological polar surface area (TPSA) is 50.4 Å². The summed E-state index contributed by atoms with van der Waals surface area (Å²) in [6, 6.07) is 4.94. The van der Waals surface area contributed by atoms with Gasteiger partial charge in [0.1, 0.15) is 6.04 Å². The van der Waals surface area contributed by atoms with Crippen molar-refractivity contribution in [2.24, 2.45) is 0 Å². The van der Waals surface area contributed by atoms with Crippen molar-refractivity contribution >= 4 is 29.2 Å². The van der Waals surface area contributed by atoms with Crippen LogP contribution in [0.25, 0.3) is 0 Å². The molecule has 0 aromatic heterocycles. The Bertz CT molecular complexity index is 439. The van der Waals surface area contributed by atoms with Crippen molar-refractivity contribution in [1.82, 2.24) is 10.9 Å². The number of esters is 1. The summed E-state index contributed by atoms with van der Waals surface area (Å²) in [5, 5.41) is 1.18. The van der Waals surface area contributed by atoms with Crippen molar-refractivity contribution in [3.63, 3.8) is 0 Å². The second kappa shape index (κ2) is 5.23. The van der Waals surface area contributed by atoms with E-state index in [2.05, 4.69) is 15.6 Å². The number of methoxy groups -OCH3 is 1. The Morgan fingerprint density at radius 1 is 1.41 bits per heavy atom. The van der Waals surface area contributed by atoms with E-state index in [1.807, 2.05) is 6.07 Å². The third kappa shape index (κ3) is 2.72. The van der Waals surface area contributed by atoms with E-state index in [4.69, 9.17) is 23.2 Å². The summed E-state index contributed by atoms with van der Waals surface area (Å²) in [4.78, 5) is 11.4. The second-order valence-corrected chi connectivity index (χ2v) is 4.66. The molecule has 1 heterocycles. The summed E-state index contributed by atoms with van der Waals surface area (Å²) in [6.45, 7) is 0. The van der Waals surface area contributed by atoms with Crippen LogP contribution in [0.2, 0.25) is 10.0 Å². The lowest BCUT2D eigenvalue weighted by molar-refractivity contribution is -0.142. The fourth-order valence-corrected chi connectivity index (χ4v) is 2.38. The average Bonchev–Trinajstić information content (AvgIpc) is 2.77. The van der Waals surface area contributed by atoms with Gasteiger partial charge >= 0.3 is 5.97 Å². The van der Waals surface area contributed by atoms with Gasteiger partial charge in [-0.1, -0.05) is 29.3 Å². The van der Waals surface area contributed by atoms with Crippen LogP contribution in [0, 0.1) is 0 Å². The van der Waals surface area contributed by atoms with Gasteiger partial charge in [-0.15, -0.1) is 0 Å². The van der Waals surface area contributed by atoms with E-state index in [0.717, 1.165) is 5.56 Å². The summed E-state index contributed by atoms with van der Waals surface area (Å²) in [6.07, 6.45) is 0.591. The van der Waals surface area contributed by atoms with E-state index in [1.165, 1.54) is 7.11 Å². The molecule has 0 spiro atoms. The third-order valence-electron chi connectivity index (χ3n) is 2.73. The molecule has 1 aromatic rings. The van der Waals surface area contributed by atoms with E-state index in [1.54, 1.807) is 12.1 Å². The number of hydrogen-bond donors (Lipinski definition) is 2. The summed E-state index contributed by atoms with van der Waals surface area (Å²) in [5.41, 5.74) is 6.81. The number of hydrazine groups is 1. The lowest BCUT2D eigenvalue weighted by Crippen LogP contribution is -2.36. The van der Waals surface area contributed by atoms with Gasteiger partial charge in [-0.3, -0.25) is 4.79 Å². The number of carbonyl (C=O) groups is 1. The van der Waals surface area contributed by atoms with Crippen molar-refractivity contribution in [3.05, 3.63) is 33.8 Å². The Labute approximate surface area is 109 Å². The van der Waals surface area contributed by atoms with Crippen molar-refractivity contribution in [3.8, 4) is 0 Å². The van der Waals surface area contributed by atoms with E-state index in [9.17, 15) is 4.79 Å². The minimum Gasteiger partial charge on any atom is -0.468 e. The number of carbonyl (C=O) groups excluding carboxylic acids is 1. The summed E-state index contributed by atoms with van der Waals surface area (Å²) in [5.74, 6) is -0.287. The molecule has 1 fully saturated rings. The maximum Gasteiger partial charge on any atom is 0.324 e.